The molecule has 29 nitrogen and oxygen atoms in total. The molecule has 2 saturated heterocycles. The molecule has 104 heavy (non-hydrogen) atoms. The van der Waals surface area contributed by atoms with Crippen molar-refractivity contribution in [2.24, 2.45) is 0 Å². The molecule has 2 heterocycles. The van der Waals surface area contributed by atoms with Crippen LogP contribution in [0, 0.1) is 0 Å². The van der Waals surface area contributed by atoms with Crippen LogP contribution in [0.5, 0.6) is 0 Å². The first-order valence-corrected chi connectivity index (χ1v) is 33.7. The van der Waals surface area contributed by atoms with Crippen LogP contribution in [-0.4, -0.2) is 230 Å². The van der Waals surface area contributed by atoms with Crippen molar-refractivity contribution < 1.29 is 237 Å². The van der Waals surface area contributed by atoms with Crippen LogP contribution in [0.15, 0.2) is 121 Å². The molecule has 2 fully saturated rings. The van der Waals surface area contributed by atoms with Gasteiger partial charge in [-0.05, 0) is 101 Å². The monoisotopic (exact) mass is 1520 g/mol. The number of nitrogens with one attached hydrogen (secondary N) is 5. The van der Waals surface area contributed by atoms with Gasteiger partial charge in [-0.15, -0.1) is 12.1 Å². The van der Waals surface area contributed by atoms with Gasteiger partial charge < -0.3 is 117 Å². The maximum absolute atomic E-state index is 13.0. The Bertz CT molecular complexity index is 3560. The predicted octanol–water partition coefficient (Wildman–Crippen LogP) is -12.7. The third kappa shape index (κ3) is 28.6. The van der Waals surface area contributed by atoms with Gasteiger partial charge >= 0.3 is 118 Å². The van der Waals surface area contributed by atoms with E-state index in [-0.39, 0.29) is 190 Å². The molecular formula is C69H79N5Na4O24S2-2. The predicted molar refractivity (Wildman–Crippen MR) is 356 cm³/mol. The normalized spacial score (nSPS) is 20.5. The smallest absolute Gasteiger partial charge is 0.870 e. The van der Waals surface area contributed by atoms with Crippen LogP contribution in [0.25, 0.3) is 22.3 Å². The first-order chi connectivity index (χ1) is 46.9. The number of thioether (sulfide) groups is 2. The van der Waals surface area contributed by atoms with E-state index >= 15 is 0 Å². The summed E-state index contributed by atoms with van der Waals surface area (Å²) in [6, 6.07) is 28.7. The van der Waals surface area contributed by atoms with Gasteiger partial charge in [0.1, 0.15) is 30.4 Å². The zero-order chi connectivity index (χ0) is 71.1. The van der Waals surface area contributed by atoms with E-state index in [2.05, 4.69) is 26.6 Å². The van der Waals surface area contributed by atoms with E-state index in [9.17, 15) is 88.8 Å². The summed E-state index contributed by atoms with van der Waals surface area (Å²) in [5, 5.41) is 103. The van der Waals surface area contributed by atoms with Crippen LogP contribution in [0.2, 0.25) is 0 Å². The van der Waals surface area contributed by atoms with Gasteiger partial charge in [0, 0.05) is 87.4 Å². The van der Waals surface area contributed by atoms with E-state index in [4.69, 9.17) is 18.9 Å². The summed E-state index contributed by atoms with van der Waals surface area (Å²) >= 11 is 2.91. The minimum Gasteiger partial charge on any atom is -0.870 e. The Morgan fingerprint density at radius 2 is 0.913 bits per heavy atom. The average Bonchev–Trinajstić information content (AvgIpc) is 0.776. The Morgan fingerprint density at radius 1 is 0.529 bits per heavy atom. The number of aromatic carboxylic acids is 1. The number of aliphatic carboxylic acids is 1. The summed E-state index contributed by atoms with van der Waals surface area (Å²) in [4.78, 5) is 123. The van der Waals surface area contributed by atoms with E-state index in [0.29, 0.717) is 63.7 Å². The molecule has 0 unspecified atom stereocenters. The number of amides is 5. The van der Waals surface area contributed by atoms with Crippen molar-refractivity contribution in [2.45, 2.75) is 125 Å². The SMILES string of the molecule is CC(=O)N[C@H]1[C@H]([C@H](O)[C@H](O)CNC(=O)c2ccc(-c3ccc(C(=O)[O-])cc3)cc2)O[C@]([C-]=O)(OCCCSCCNC(=O)c2ccc(C(=O)CCCSCCCO[C@]3(C(=O)[O-])C[C@H](O)[C@@H](NC(C)=O)[C@H]([C@H](O)[C@H](O)CNC(=O)c4ccc(-c5ccc([C-]=O)cc5)cc4)O3)cc2)C[C@@H]1O.[Na+].[Na+].[Na+].[Na+].[OH-].[OH-]. The Hall–Kier alpha value is -4.38. The first kappa shape index (κ1) is 97.6. The molecule has 0 saturated carbocycles. The summed E-state index contributed by atoms with van der Waals surface area (Å²) in [6.07, 6.45) is -10.4. The number of ether oxygens (including phenoxy) is 4. The molecule has 2 aliphatic rings. The van der Waals surface area contributed by atoms with Gasteiger partial charge in [0.2, 0.25) is 17.6 Å². The standard InChI is InChI=1S/C69H79N5O22S2.4Na.2H2O/c1-40(77)73-57-53(80)34-68(39-76,95-61(57)59(84)55(82)36-71-64(87)50-21-13-45(14-22-50)46-15-25-51(26-16-46)66(89)90)93-28-4-32-98-33-27-70-63(86)48-23-17-47(18-24-48)52(79)6-3-30-97-31-5-29-94-69(67(91)92)35-54(81)58(74-41(2)78)62(96-69)60(85)56(83)37-72-65(88)49-19-11-44(12-20-49)43-9-7-42(38-75)8-10-43;;;;;;/h7-26,53-62,80-85H,3-6,27-37H2,1-2H3,(H,70,86)(H,71,87)(H,72,88)(H,73,77)(H,74,78)(H,89,90)(H,91,92);;;;;2*1H2/q-2;4*+1;;/p-4/t53-,54-,55+,56+,57+,58+,59+,60+,61+,62+,68+,69+;;;;;;/m0....../s1. The molecule has 0 aliphatic carbocycles. The van der Waals surface area contributed by atoms with Crippen LogP contribution in [0.3, 0.4) is 0 Å². The number of benzene rings is 5. The number of aliphatic hydroxyl groups is 6. The second-order valence-corrected chi connectivity index (χ2v) is 25.7. The first-order valence-electron chi connectivity index (χ1n) is 31.4. The third-order valence-electron chi connectivity index (χ3n) is 16.1. The molecule has 0 aromatic heterocycles. The zero-order valence-corrected chi connectivity index (χ0v) is 68.0. The summed E-state index contributed by atoms with van der Waals surface area (Å²) in [7, 11) is 0. The van der Waals surface area contributed by atoms with Gasteiger partial charge in [-0.2, -0.15) is 41.2 Å². The summed E-state index contributed by atoms with van der Waals surface area (Å²) in [5.74, 6) is -9.12. The molecule has 5 aromatic rings. The minimum atomic E-state index is -2.61. The van der Waals surface area contributed by atoms with Gasteiger partial charge in [0.05, 0.1) is 61.1 Å². The van der Waals surface area contributed by atoms with Crippen molar-refractivity contribution in [3.8, 4) is 22.3 Å². The fraction of sp³-hybridized carbons (Fsp3) is 0.420. The Kier molecular flexibility index (Phi) is 45.3. The number of Topliss-reactive ketones (excluding diaryl/α,β-unsaturated/α-hetero) is 1. The van der Waals surface area contributed by atoms with E-state index in [1.807, 2.05) is 0 Å². The van der Waals surface area contributed by atoms with Crippen molar-refractivity contribution in [1.29, 1.82) is 0 Å². The van der Waals surface area contributed by atoms with E-state index in [0.717, 1.165) is 25.0 Å². The van der Waals surface area contributed by atoms with Crippen LogP contribution in [0.4, 0.5) is 0 Å². The van der Waals surface area contributed by atoms with Gasteiger partial charge in [-0.1, -0.05) is 60.7 Å². The number of carbonyl (C=O) groups is 8. The van der Waals surface area contributed by atoms with Crippen molar-refractivity contribution in [1.82, 2.24) is 26.6 Å². The van der Waals surface area contributed by atoms with Crippen molar-refractivity contribution in [3.63, 3.8) is 0 Å². The molecule has 0 bridgehead atoms. The topological polar surface area (TPSA) is 495 Å². The average molecular weight is 1520 g/mol. The molecule has 2 aliphatic heterocycles. The molecule has 5 aromatic carbocycles. The van der Waals surface area contributed by atoms with Crippen LogP contribution in [0.1, 0.15) is 110 Å². The number of hydrogen-bond acceptors (Lipinski definition) is 26. The quantitative estimate of drug-likeness (QED) is 0.00761. The van der Waals surface area contributed by atoms with Crippen LogP contribution >= 0.6 is 23.5 Å². The fourth-order valence-corrected chi connectivity index (χ4v) is 12.5. The molecule has 542 valence electrons. The number of aliphatic hydroxyl groups excluding tert-OH is 6. The number of rotatable bonds is 37. The molecule has 0 spiro atoms. The van der Waals surface area contributed by atoms with E-state index in [1.54, 1.807) is 85.4 Å². The van der Waals surface area contributed by atoms with Crippen molar-refractivity contribution in [2.75, 3.05) is 55.9 Å². The second kappa shape index (κ2) is 48.2. The zero-order valence-electron chi connectivity index (χ0n) is 58.4. The Morgan fingerprint density at radius 3 is 1.35 bits per heavy atom. The molecular weight excluding hydrogens is 1440 g/mol. The van der Waals surface area contributed by atoms with Gasteiger partial charge in [-0.3, -0.25) is 28.8 Å². The Labute approximate surface area is 697 Å². The number of carbonyl (C=O) groups excluding carboxylic acids is 10. The van der Waals surface area contributed by atoms with Crippen LogP contribution in [-0.2, 0) is 42.9 Å². The van der Waals surface area contributed by atoms with Gasteiger partial charge in [0.15, 0.2) is 5.78 Å². The summed E-state index contributed by atoms with van der Waals surface area (Å²) < 4.78 is 23.1. The number of carboxylic acid groups (broad SMARTS) is 2. The van der Waals surface area contributed by atoms with Gasteiger partial charge in [0.25, 0.3) is 17.7 Å². The van der Waals surface area contributed by atoms with Crippen molar-refractivity contribution in [3.05, 3.63) is 155 Å². The minimum absolute atomic E-state index is 0. The second-order valence-electron chi connectivity index (χ2n) is 23.3. The molecule has 7 rings (SSSR count). The van der Waals surface area contributed by atoms with Crippen LogP contribution < -0.4 is 155 Å². The van der Waals surface area contributed by atoms with Crippen molar-refractivity contribution >= 4 is 83.4 Å². The molecule has 12 atom stereocenters. The summed E-state index contributed by atoms with van der Waals surface area (Å²) in [6.45, 7) is 1.18. The molecule has 13 N–H and O–H groups in total. The Balaban J connectivity index is 0.00000901. The fourth-order valence-electron chi connectivity index (χ4n) is 10.8. The van der Waals surface area contributed by atoms with E-state index in [1.165, 1.54) is 72.1 Å². The maximum Gasteiger partial charge on any atom is 1.00 e. The number of ketones is 1. The molecule has 5 amide bonds. The van der Waals surface area contributed by atoms with Gasteiger partial charge in [-0.25, -0.2) is 6.29 Å². The number of hydrogen-bond donors (Lipinski definition) is 11. The molecule has 35 heteroatoms. The summed E-state index contributed by atoms with van der Waals surface area (Å²) in [5.41, 5.74) is 4.39. The molecule has 0 radical (unpaired) electrons. The third-order valence-corrected chi connectivity index (χ3v) is 18.3. The number of carboxylic acids is 2. The largest absolute Gasteiger partial charge is 1.00 e. The maximum atomic E-state index is 13.0. The van der Waals surface area contributed by atoms with E-state index < -0.39 is 134 Å².